The summed E-state index contributed by atoms with van der Waals surface area (Å²) >= 11 is 0. The number of benzene rings is 3. The topological polar surface area (TPSA) is 77.8 Å². The summed E-state index contributed by atoms with van der Waals surface area (Å²) in [5.41, 5.74) is 5.86. The maximum Gasteiger partial charge on any atom is 0.335 e. The van der Waals surface area contributed by atoms with Gasteiger partial charge in [-0.3, -0.25) is 4.79 Å². The van der Waals surface area contributed by atoms with Crippen LogP contribution < -0.4 is 0 Å². The minimum absolute atomic E-state index is 0.0336. The Hall–Kier alpha value is -3.70. The molecule has 4 rings (SSSR count). The molecule has 0 bridgehead atoms. The van der Waals surface area contributed by atoms with E-state index in [4.69, 9.17) is 5.11 Å². The Morgan fingerprint density at radius 2 is 1.83 bits per heavy atom. The second-order valence-electron chi connectivity index (χ2n) is 9.12. The highest BCUT2D eigenvalue weighted by atomic mass is 16.4. The van der Waals surface area contributed by atoms with Gasteiger partial charge in [0.1, 0.15) is 0 Å². The molecule has 0 aliphatic carbocycles. The third kappa shape index (κ3) is 6.25. The molecule has 1 aliphatic rings. The molecule has 3 aromatic carbocycles. The van der Waals surface area contributed by atoms with Crippen LogP contribution in [0.25, 0.3) is 11.1 Å². The fourth-order valence-electron chi connectivity index (χ4n) is 4.64. The molecular weight excluding hydrogens is 438 g/mol. The number of aliphatic hydroxyl groups excluding tert-OH is 1. The van der Waals surface area contributed by atoms with Gasteiger partial charge in [-0.1, -0.05) is 72.8 Å². The van der Waals surface area contributed by atoms with E-state index < -0.39 is 12.1 Å². The van der Waals surface area contributed by atoms with Crippen LogP contribution in [0.4, 0.5) is 0 Å². The molecule has 3 aromatic rings. The van der Waals surface area contributed by atoms with Crippen molar-refractivity contribution < 1.29 is 19.8 Å². The molecule has 1 saturated heterocycles. The molecule has 1 aliphatic heterocycles. The van der Waals surface area contributed by atoms with E-state index in [0.29, 0.717) is 25.8 Å². The molecule has 0 saturated carbocycles. The Labute approximate surface area is 206 Å². The number of likely N-dealkylation sites (tertiary alicyclic amines) is 1. The van der Waals surface area contributed by atoms with E-state index in [1.807, 2.05) is 35.2 Å². The van der Waals surface area contributed by atoms with Gasteiger partial charge < -0.3 is 15.1 Å². The van der Waals surface area contributed by atoms with E-state index in [0.717, 1.165) is 23.1 Å². The number of amides is 1. The lowest BCUT2D eigenvalue weighted by atomic mass is 9.97. The van der Waals surface area contributed by atoms with Crippen LogP contribution in [0, 0.1) is 6.92 Å². The first kappa shape index (κ1) is 24.4. The molecule has 5 nitrogen and oxygen atoms in total. The van der Waals surface area contributed by atoms with Gasteiger partial charge in [-0.05, 0) is 59.7 Å². The number of carbonyl (C=O) groups is 2. The molecule has 0 radical (unpaired) electrons. The van der Waals surface area contributed by atoms with Crippen LogP contribution in [0.1, 0.15) is 39.9 Å². The van der Waals surface area contributed by atoms with Crippen LogP contribution in [0.2, 0.25) is 0 Å². The van der Waals surface area contributed by atoms with Crippen molar-refractivity contribution in [2.24, 2.45) is 0 Å². The fourth-order valence-corrected chi connectivity index (χ4v) is 4.64. The lowest BCUT2D eigenvalue weighted by Gasteiger charge is -2.23. The summed E-state index contributed by atoms with van der Waals surface area (Å²) in [4.78, 5) is 25.3. The summed E-state index contributed by atoms with van der Waals surface area (Å²) in [6.45, 7) is 2.66. The Morgan fingerprint density at radius 1 is 1.06 bits per heavy atom. The number of nitrogens with zero attached hydrogens (tertiary/aromatic N) is 1. The normalized spacial score (nSPS) is 16.7. The van der Waals surface area contributed by atoms with Gasteiger partial charge in [0.05, 0.1) is 17.7 Å². The number of carboxylic acid groups (broad SMARTS) is 1. The van der Waals surface area contributed by atoms with Crippen molar-refractivity contribution in [2.75, 3.05) is 6.54 Å². The Morgan fingerprint density at radius 3 is 2.57 bits per heavy atom. The van der Waals surface area contributed by atoms with E-state index in [-0.39, 0.29) is 17.5 Å². The van der Waals surface area contributed by atoms with Crippen LogP contribution >= 0.6 is 0 Å². The first-order valence-corrected chi connectivity index (χ1v) is 12.0. The standard InChI is InChI=1S/C30H31NO4/c1-21-5-2-3-8-28(21)25-7-4-6-23(19-25)20-27(32)15-13-26-14-16-29(33)31(26)18-17-22-9-11-24(12-10-22)30(34)35/h2-13,15,19,26-27,32H,14,16-18,20H2,1H3,(H,34,35)/b15-13+/t26-,27+/m0/s1. The summed E-state index contributed by atoms with van der Waals surface area (Å²) in [6.07, 6.45) is 5.52. The van der Waals surface area contributed by atoms with Gasteiger partial charge in [0.2, 0.25) is 5.91 Å². The number of carbonyl (C=O) groups excluding carboxylic acids is 1. The third-order valence-electron chi connectivity index (χ3n) is 6.60. The van der Waals surface area contributed by atoms with Crippen molar-refractivity contribution >= 4 is 11.9 Å². The van der Waals surface area contributed by atoms with Crippen LogP contribution in [0.3, 0.4) is 0 Å². The SMILES string of the molecule is Cc1ccccc1-c1cccc(C[C@H](O)/C=C/[C@H]2CCC(=O)N2CCc2ccc(C(=O)O)cc2)c1. The van der Waals surface area contributed by atoms with Crippen molar-refractivity contribution in [3.8, 4) is 11.1 Å². The molecule has 1 heterocycles. The fraction of sp³-hybridized carbons (Fsp3) is 0.267. The smallest absolute Gasteiger partial charge is 0.335 e. The van der Waals surface area contributed by atoms with E-state index in [2.05, 4.69) is 31.2 Å². The van der Waals surface area contributed by atoms with Crippen molar-refractivity contribution in [1.82, 2.24) is 4.90 Å². The molecule has 35 heavy (non-hydrogen) atoms. The maximum atomic E-state index is 12.4. The molecule has 2 N–H and O–H groups in total. The van der Waals surface area contributed by atoms with E-state index >= 15 is 0 Å². The molecule has 2 atom stereocenters. The van der Waals surface area contributed by atoms with Crippen LogP contribution in [0.5, 0.6) is 0 Å². The molecule has 180 valence electrons. The number of rotatable bonds is 9. The average Bonchev–Trinajstić information content (AvgIpc) is 3.21. The van der Waals surface area contributed by atoms with E-state index in [9.17, 15) is 14.7 Å². The Kier molecular flexibility index (Phi) is 7.78. The van der Waals surface area contributed by atoms with Crippen molar-refractivity contribution in [3.05, 3.63) is 107 Å². The second kappa shape index (κ2) is 11.2. The lowest BCUT2D eigenvalue weighted by Crippen LogP contribution is -2.33. The number of aryl methyl sites for hydroxylation is 1. The summed E-state index contributed by atoms with van der Waals surface area (Å²) in [6, 6.07) is 23.3. The minimum atomic E-state index is -0.947. The first-order chi connectivity index (χ1) is 16.9. The molecule has 0 aromatic heterocycles. The Bertz CT molecular complexity index is 1220. The summed E-state index contributed by atoms with van der Waals surface area (Å²) in [7, 11) is 0. The first-order valence-electron chi connectivity index (χ1n) is 12.0. The van der Waals surface area contributed by atoms with Gasteiger partial charge in [-0.2, -0.15) is 0 Å². The minimum Gasteiger partial charge on any atom is -0.478 e. The highest BCUT2D eigenvalue weighted by molar-refractivity contribution is 5.87. The van der Waals surface area contributed by atoms with E-state index in [1.165, 1.54) is 11.1 Å². The van der Waals surface area contributed by atoms with Crippen molar-refractivity contribution in [2.45, 2.75) is 44.8 Å². The summed E-state index contributed by atoms with van der Waals surface area (Å²) in [5.74, 6) is -0.834. The molecule has 1 fully saturated rings. The monoisotopic (exact) mass is 469 g/mol. The van der Waals surface area contributed by atoms with Gasteiger partial charge >= 0.3 is 5.97 Å². The number of aromatic carboxylic acids is 1. The number of aliphatic hydroxyl groups is 1. The molecular formula is C30H31NO4. The number of carboxylic acids is 1. The Balaban J connectivity index is 1.36. The summed E-state index contributed by atoms with van der Waals surface area (Å²) in [5, 5.41) is 19.7. The largest absolute Gasteiger partial charge is 0.478 e. The predicted molar refractivity (Wildman–Crippen MR) is 137 cm³/mol. The van der Waals surface area contributed by atoms with Crippen LogP contribution in [-0.4, -0.2) is 45.7 Å². The van der Waals surface area contributed by atoms with Crippen molar-refractivity contribution in [3.63, 3.8) is 0 Å². The van der Waals surface area contributed by atoms with Crippen LogP contribution in [0.15, 0.2) is 84.9 Å². The van der Waals surface area contributed by atoms with Gasteiger partial charge in [0.25, 0.3) is 0 Å². The second-order valence-corrected chi connectivity index (χ2v) is 9.12. The van der Waals surface area contributed by atoms with E-state index in [1.54, 1.807) is 30.3 Å². The average molecular weight is 470 g/mol. The zero-order chi connectivity index (χ0) is 24.8. The van der Waals surface area contributed by atoms with Gasteiger partial charge in [0, 0.05) is 19.4 Å². The highest BCUT2D eigenvalue weighted by Crippen LogP contribution is 2.25. The zero-order valence-electron chi connectivity index (χ0n) is 19.9. The number of hydrogen-bond acceptors (Lipinski definition) is 3. The zero-order valence-corrected chi connectivity index (χ0v) is 19.9. The summed E-state index contributed by atoms with van der Waals surface area (Å²) < 4.78 is 0. The van der Waals surface area contributed by atoms with Crippen LogP contribution in [-0.2, 0) is 17.6 Å². The molecule has 0 spiro atoms. The molecule has 5 heteroatoms. The predicted octanol–water partition coefficient (Wildman–Crippen LogP) is 5.05. The van der Waals surface area contributed by atoms with Gasteiger partial charge in [0.15, 0.2) is 0 Å². The maximum absolute atomic E-state index is 12.4. The lowest BCUT2D eigenvalue weighted by molar-refractivity contribution is -0.128. The highest BCUT2D eigenvalue weighted by Gasteiger charge is 2.28. The molecule has 0 unspecified atom stereocenters. The van der Waals surface area contributed by atoms with Gasteiger partial charge in [-0.15, -0.1) is 0 Å². The van der Waals surface area contributed by atoms with Gasteiger partial charge in [-0.25, -0.2) is 4.79 Å². The van der Waals surface area contributed by atoms with Crippen molar-refractivity contribution in [1.29, 1.82) is 0 Å². The number of hydrogen-bond donors (Lipinski definition) is 2. The third-order valence-corrected chi connectivity index (χ3v) is 6.60. The molecule has 1 amide bonds. The quantitative estimate of drug-likeness (QED) is 0.430.